The monoisotopic (exact) mass is 522 g/mol. The van der Waals surface area contributed by atoms with E-state index in [0.717, 1.165) is 58.5 Å². The lowest BCUT2D eigenvalue weighted by Crippen LogP contribution is -2.16. The van der Waals surface area contributed by atoms with Crippen LogP contribution in [0.25, 0.3) is 34.0 Å². The van der Waals surface area contributed by atoms with Crippen LogP contribution in [0, 0.1) is 18.3 Å². The Bertz CT molecular complexity index is 1850. The predicted molar refractivity (Wildman–Crippen MR) is 164 cm³/mol. The molecule has 0 radical (unpaired) electrons. The van der Waals surface area contributed by atoms with Crippen molar-refractivity contribution in [2.45, 2.75) is 19.9 Å². The van der Waals surface area contributed by atoms with Crippen molar-refractivity contribution in [2.24, 2.45) is 0 Å². The molecule has 3 heterocycles. The van der Waals surface area contributed by atoms with Gasteiger partial charge < -0.3 is 20.6 Å². The normalized spacial score (nSPS) is 11.4. The Morgan fingerprint density at radius 3 is 2.62 bits per heavy atom. The number of anilines is 2. The van der Waals surface area contributed by atoms with Crippen LogP contribution in [0.5, 0.6) is 0 Å². The number of benzene rings is 3. The molecule has 6 heteroatoms. The molecule has 0 bridgehead atoms. The predicted octanol–water partition coefficient (Wildman–Crippen LogP) is 7.47. The van der Waals surface area contributed by atoms with Crippen LogP contribution in [0.4, 0.5) is 11.4 Å². The molecule has 0 fully saturated rings. The van der Waals surface area contributed by atoms with Gasteiger partial charge in [0.05, 0.1) is 11.3 Å². The van der Waals surface area contributed by atoms with Crippen molar-refractivity contribution >= 4 is 45.3 Å². The lowest BCUT2D eigenvalue weighted by molar-refractivity contribution is 0.688. The van der Waals surface area contributed by atoms with E-state index in [9.17, 15) is 5.26 Å². The van der Waals surface area contributed by atoms with Gasteiger partial charge in [-0.25, -0.2) is 0 Å². The number of para-hydroxylation sites is 1. The molecule has 0 spiro atoms. The van der Waals surface area contributed by atoms with E-state index in [1.54, 1.807) is 12.4 Å². The van der Waals surface area contributed by atoms with E-state index in [4.69, 9.17) is 0 Å². The van der Waals surface area contributed by atoms with Crippen LogP contribution in [-0.2, 0) is 13.0 Å². The van der Waals surface area contributed by atoms with Crippen molar-refractivity contribution in [3.63, 3.8) is 0 Å². The zero-order valence-corrected chi connectivity index (χ0v) is 22.3. The average Bonchev–Trinajstić information content (AvgIpc) is 3.64. The molecule has 4 N–H and O–H groups in total. The van der Waals surface area contributed by atoms with Crippen LogP contribution in [-0.4, -0.2) is 21.5 Å². The Morgan fingerprint density at radius 1 is 0.900 bits per heavy atom. The van der Waals surface area contributed by atoms with E-state index in [1.165, 1.54) is 22.0 Å². The molecule has 0 amide bonds. The maximum Gasteiger partial charge on any atom is 0.103 e. The Hall–Kier alpha value is -5.12. The molecule has 6 rings (SSSR count). The highest BCUT2D eigenvalue weighted by atomic mass is 14.9. The zero-order chi connectivity index (χ0) is 27.3. The van der Waals surface area contributed by atoms with Crippen LogP contribution in [0.2, 0.25) is 0 Å². The number of pyridine rings is 1. The topological polar surface area (TPSA) is 92.3 Å². The second-order valence-electron chi connectivity index (χ2n) is 9.93. The van der Waals surface area contributed by atoms with Gasteiger partial charge >= 0.3 is 0 Å². The lowest BCUT2D eigenvalue weighted by Gasteiger charge is -2.14. The number of aryl methyl sites for hydroxylation is 1. The summed E-state index contributed by atoms with van der Waals surface area (Å²) in [5.74, 6) is 0. The van der Waals surface area contributed by atoms with Gasteiger partial charge in [-0.1, -0.05) is 54.6 Å². The molecular formula is C34H30N6. The first-order chi connectivity index (χ1) is 19.7. The number of fused-ring (bicyclic) bond motifs is 2. The molecular weight excluding hydrogens is 492 g/mol. The molecule has 0 aliphatic rings. The van der Waals surface area contributed by atoms with Crippen molar-refractivity contribution in [3.05, 3.63) is 125 Å². The summed E-state index contributed by atoms with van der Waals surface area (Å²) in [6, 6.07) is 25.4. The first-order valence-corrected chi connectivity index (χ1v) is 13.4. The highest BCUT2D eigenvalue weighted by molar-refractivity contribution is 5.90. The minimum atomic E-state index is 0.504. The van der Waals surface area contributed by atoms with Gasteiger partial charge in [-0.05, 0) is 66.4 Å². The van der Waals surface area contributed by atoms with Gasteiger partial charge in [0.1, 0.15) is 6.07 Å². The Morgan fingerprint density at radius 2 is 1.75 bits per heavy atom. The standard InChI is InChI=1S/C34H30N6/c1-23-29-15-17-38-33(29)13-12-31(23)40-34-27(20-37-21-28(34)18-35)11-10-24-6-8-25(9-7-24)19-36-16-14-26-22-39-32-5-3-2-4-30(26)32/h2-13,15,17,20-22,36,38-39H,14,16,19H2,1H3,(H,37,40)/b11-10+. The van der Waals surface area contributed by atoms with Crippen molar-refractivity contribution < 1.29 is 0 Å². The fourth-order valence-corrected chi connectivity index (χ4v) is 5.11. The molecule has 6 nitrogen and oxygen atoms in total. The quantitative estimate of drug-likeness (QED) is 0.148. The summed E-state index contributed by atoms with van der Waals surface area (Å²) in [7, 11) is 0. The molecule has 0 unspecified atom stereocenters. The highest BCUT2D eigenvalue weighted by Crippen LogP contribution is 2.31. The van der Waals surface area contributed by atoms with Gasteiger partial charge in [-0.2, -0.15) is 5.26 Å². The first-order valence-electron chi connectivity index (χ1n) is 13.4. The summed E-state index contributed by atoms with van der Waals surface area (Å²) < 4.78 is 0. The Balaban J connectivity index is 1.11. The third-order valence-corrected chi connectivity index (χ3v) is 7.37. The van der Waals surface area contributed by atoms with Crippen molar-refractivity contribution in [1.82, 2.24) is 20.3 Å². The molecule has 0 saturated heterocycles. The molecule has 3 aromatic heterocycles. The molecule has 0 aliphatic heterocycles. The third kappa shape index (κ3) is 5.24. The number of nitrogens with one attached hydrogen (secondary N) is 4. The van der Waals surface area contributed by atoms with Crippen molar-refractivity contribution in [1.29, 1.82) is 5.26 Å². The second-order valence-corrected chi connectivity index (χ2v) is 9.93. The summed E-state index contributed by atoms with van der Waals surface area (Å²) in [6.07, 6.45) is 12.5. The van der Waals surface area contributed by atoms with Crippen LogP contribution in [0.15, 0.2) is 91.5 Å². The minimum Gasteiger partial charge on any atom is -0.361 e. The van der Waals surface area contributed by atoms with Gasteiger partial charge in [-0.15, -0.1) is 0 Å². The van der Waals surface area contributed by atoms with E-state index in [-0.39, 0.29) is 0 Å². The van der Waals surface area contributed by atoms with E-state index in [1.807, 2.05) is 24.4 Å². The van der Waals surface area contributed by atoms with E-state index >= 15 is 0 Å². The SMILES string of the molecule is Cc1c(Nc2c(C#N)cncc2/C=C/c2ccc(CNCCc3c[nH]c4ccccc34)cc2)ccc2[nH]ccc12. The minimum absolute atomic E-state index is 0.504. The lowest BCUT2D eigenvalue weighted by atomic mass is 10.1. The number of aromatic amines is 2. The fourth-order valence-electron chi connectivity index (χ4n) is 5.11. The van der Waals surface area contributed by atoms with E-state index in [0.29, 0.717) is 5.56 Å². The number of H-pyrrole nitrogens is 2. The Kier molecular flexibility index (Phi) is 7.12. The van der Waals surface area contributed by atoms with Gasteiger partial charge in [0.2, 0.25) is 0 Å². The molecule has 0 aliphatic carbocycles. The summed E-state index contributed by atoms with van der Waals surface area (Å²) >= 11 is 0. The number of aromatic nitrogens is 3. The van der Waals surface area contributed by atoms with Gasteiger partial charge in [0, 0.05) is 64.4 Å². The molecule has 196 valence electrons. The molecule has 6 aromatic rings. The van der Waals surface area contributed by atoms with Gasteiger partial charge in [0.15, 0.2) is 0 Å². The summed E-state index contributed by atoms with van der Waals surface area (Å²) in [6.45, 7) is 3.82. The molecule has 0 saturated carbocycles. The third-order valence-electron chi connectivity index (χ3n) is 7.37. The van der Waals surface area contributed by atoms with Crippen molar-refractivity contribution in [3.8, 4) is 6.07 Å². The molecule has 3 aromatic carbocycles. The molecule has 40 heavy (non-hydrogen) atoms. The van der Waals surface area contributed by atoms with Gasteiger partial charge in [0.25, 0.3) is 0 Å². The average molecular weight is 523 g/mol. The van der Waals surface area contributed by atoms with Crippen LogP contribution in [0.3, 0.4) is 0 Å². The van der Waals surface area contributed by atoms with Gasteiger partial charge in [-0.3, -0.25) is 4.98 Å². The summed E-state index contributed by atoms with van der Waals surface area (Å²) in [5.41, 5.74) is 10.1. The molecule has 0 atom stereocenters. The highest BCUT2D eigenvalue weighted by Gasteiger charge is 2.11. The van der Waals surface area contributed by atoms with Crippen LogP contribution >= 0.6 is 0 Å². The van der Waals surface area contributed by atoms with Crippen LogP contribution < -0.4 is 10.6 Å². The summed E-state index contributed by atoms with van der Waals surface area (Å²) in [5, 5.41) is 19.3. The maximum atomic E-state index is 9.77. The largest absolute Gasteiger partial charge is 0.361 e. The number of nitriles is 1. The Labute approximate surface area is 233 Å². The van der Waals surface area contributed by atoms with E-state index in [2.05, 4.69) is 105 Å². The van der Waals surface area contributed by atoms with Crippen molar-refractivity contribution in [2.75, 3.05) is 11.9 Å². The number of rotatable bonds is 9. The second kappa shape index (κ2) is 11.3. The zero-order valence-electron chi connectivity index (χ0n) is 22.3. The summed E-state index contributed by atoms with van der Waals surface area (Å²) in [4.78, 5) is 10.9. The first kappa shape index (κ1) is 25.2. The smallest absolute Gasteiger partial charge is 0.103 e. The van der Waals surface area contributed by atoms with Crippen LogP contribution in [0.1, 0.15) is 33.4 Å². The maximum absolute atomic E-state index is 9.77. The number of hydrogen-bond donors (Lipinski definition) is 4. The number of hydrogen-bond acceptors (Lipinski definition) is 4. The number of nitrogens with zero attached hydrogens (tertiary/aromatic N) is 2. The van der Waals surface area contributed by atoms with E-state index < -0.39 is 0 Å². The fraction of sp³-hybridized carbons (Fsp3) is 0.118.